The van der Waals surface area contributed by atoms with Gasteiger partial charge in [0.15, 0.2) is 5.11 Å². The lowest BCUT2D eigenvalue weighted by Gasteiger charge is -2.19. The number of hydrogen-bond acceptors (Lipinski definition) is 1. The van der Waals surface area contributed by atoms with Gasteiger partial charge in [-0.1, -0.05) is 42.0 Å². The molecule has 2 rings (SSSR count). The van der Waals surface area contributed by atoms with Crippen molar-refractivity contribution in [2.24, 2.45) is 0 Å². The van der Waals surface area contributed by atoms with Gasteiger partial charge in [0, 0.05) is 5.69 Å². The fourth-order valence-electron chi connectivity index (χ4n) is 2.46. The average molecular weight is 298 g/mol. The van der Waals surface area contributed by atoms with Crippen molar-refractivity contribution in [2.75, 3.05) is 5.32 Å². The van der Waals surface area contributed by atoms with Gasteiger partial charge in [-0.05, 0) is 62.7 Å². The van der Waals surface area contributed by atoms with Crippen molar-refractivity contribution in [3.05, 3.63) is 64.7 Å². The van der Waals surface area contributed by atoms with E-state index in [2.05, 4.69) is 80.8 Å². The molecule has 0 saturated carbocycles. The van der Waals surface area contributed by atoms with E-state index in [-0.39, 0.29) is 6.04 Å². The number of benzene rings is 2. The van der Waals surface area contributed by atoms with Gasteiger partial charge in [-0.2, -0.15) is 0 Å². The van der Waals surface area contributed by atoms with Crippen LogP contribution in [0.25, 0.3) is 0 Å². The van der Waals surface area contributed by atoms with E-state index in [1.54, 1.807) is 0 Å². The zero-order chi connectivity index (χ0) is 15.4. The van der Waals surface area contributed by atoms with Crippen LogP contribution in [0.15, 0.2) is 42.5 Å². The molecule has 0 aliphatic heterocycles. The summed E-state index contributed by atoms with van der Waals surface area (Å²) in [7, 11) is 0. The summed E-state index contributed by atoms with van der Waals surface area (Å²) in [6, 6.07) is 14.8. The molecule has 110 valence electrons. The van der Waals surface area contributed by atoms with Crippen LogP contribution in [0.2, 0.25) is 0 Å². The molecule has 2 nitrogen and oxygen atoms in total. The van der Waals surface area contributed by atoms with Gasteiger partial charge < -0.3 is 10.6 Å². The molecule has 0 amide bonds. The molecule has 0 spiro atoms. The van der Waals surface area contributed by atoms with E-state index >= 15 is 0 Å². The Bertz CT molecular complexity index is 649. The zero-order valence-corrected chi connectivity index (χ0v) is 13.8. The Balaban J connectivity index is 2.03. The molecule has 2 N–H and O–H groups in total. The molecule has 0 bridgehead atoms. The van der Waals surface area contributed by atoms with Crippen molar-refractivity contribution in [3.63, 3.8) is 0 Å². The van der Waals surface area contributed by atoms with Gasteiger partial charge in [-0.15, -0.1) is 0 Å². The maximum atomic E-state index is 5.43. The summed E-state index contributed by atoms with van der Waals surface area (Å²) >= 11 is 5.43. The molecule has 0 aromatic heterocycles. The van der Waals surface area contributed by atoms with Crippen LogP contribution >= 0.6 is 12.2 Å². The number of anilines is 1. The minimum absolute atomic E-state index is 0.178. The summed E-state index contributed by atoms with van der Waals surface area (Å²) < 4.78 is 0. The second-order valence-corrected chi connectivity index (χ2v) is 5.90. The predicted molar refractivity (Wildman–Crippen MR) is 94.9 cm³/mol. The first-order valence-electron chi connectivity index (χ1n) is 7.17. The van der Waals surface area contributed by atoms with Crippen LogP contribution in [0.3, 0.4) is 0 Å². The topological polar surface area (TPSA) is 24.1 Å². The van der Waals surface area contributed by atoms with Gasteiger partial charge in [0.2, 0.25) is 0 Å². The molecule has 0 unspecified atom stereocenters. The number of thiocarbonyl (C=S) groups is 1. The van der Waals surface area contributed by atoms with Crippen LogP contribution in [0, 0.1) is 20.8 Å². The lowest BCUT2D eigenvalue weighted by atomic mass is 10.0. The number of aryl methyl sites for hydroxylation is 3. The molecule has 0 fully saturated rings. The highest BCUT2D eigenvalue weighted by Gasteiger charge is 2.09. The van der Waals surface area contributed by atoms with Gasteiger partial charge in [0.25, 0.3) is 0 Å². The molecule has 0 saturated heterocycles. The number of nitrogens with one attached hydrogen (secondary N) is 2. The van der Waals surface area contributed by atoms with Crippen LogP contribution in [-0.4, -0.2) is 5.11 Å². The monoisotopic (exact) mass is 298 g/mol. The molecule has 2 aromatic carbocycles. The lowest BCUT2D eigenvalue weighted by molar-refractivity contribution is 0.717. The van der Waals surface area contributed by atoms with E-state index in [0.29, 0.717) is 5.11 Å². The summed E-state index contributed by atoms with van der Waals surface area (Å²) in [5, 5.41) is 7.28. The van der Waals surface area contributed by atoms with Crippen molar-refractivity contribution in [1.29, 1.82) is 0 Å². The normalized spacial score (nSPS) is 11.8. The van der Waals surface area contributed by atoms with Crippen LogP contribution in [-0.2, 0) is 0 Å². The molecule has 0 aliphatic carbocycles. The molecule has 1 atom stereocenters. The van der Waals surface area contributed by atoms with Crippen LogP contribution < -0.4 is 10.6 Å². The predicted octanol–water partition coefficient (Wildman–Crippen LogP) is 4.66. The SMILES string of the molecule is Cc1ccc(NC(=S)N[C@H](C)c2ccccc2C)c(C)c1. The fourth-order valence-corrected chi connectivity index (χ4v) is 2.75. The van der Waals surface area contributed by atoms with Gasteiger partial charge in [-0.25, -0.2) is 0 Å². The lowest BCUT2D eigenvalue weighted by Crippen LogP contribution is -2.31. The van der Waals surface area contributed by atoms with Crippen molar-refractivity contribution >= 4 is 23.0 Å². The molecule has 0 radical (unpaired) electrons. The molecule has 0 heterocycles. The third-order valence-corrected chi connectivity index (χ3v) is 3.85. The number of hydrogen-bond donors (Lipinski definition) is 2. The second kappa shape index (κ2) is 6.72. The van der Waals surface area contributed by atoms with Crippen molar-refractivity contribution < 1.29 is 0 Å². The Labute approximate surface area is 132 Å². The van der Waals surface area contributed by atoms with Crippen molar-refractivity contribution in [2.45, 2.75) is 33.7 Å². The van der Waals surface area contributed by atoms with E-state index < -0.39 is 0 Å². The Morgan fingerprint density at radius 2 is 1.71 bits per heavy atom. The van der Waals surface area contributed by atoms with E-state index in [9.17, 15) is 0 Å². The summed E-state index contributed by atoms with van der Waals surface area (Å²) in [4.78, 5) is 0. The van der Waals surface area contributed by atoms with Crippen LogP contribution in [0.5, 0.6) is 0 Å². The minimum Gasteiger partial charge on any atom is -0.356 e. The number of rotatable bonds is 3. The maximum absolute atomic E-state index is 5.43. The fraction of sp³-hybridized carbons (Fsp3) is 0.278. The van der Waals surface area contributed by atoms with Crippen molar-refractivity contribution in [1.82, 2.24) is 5.32 Å². The van der Waals surface area contributed by atoms with Gasteiger partial charge >= 0.3 is 0 Å². The third-order valence-electron chi connectivity index (χ3n) is 3.63. The third kappa shape index (κ3) is 4.05. The summed E-state index contributed by atoms with van der Waals surface area (Å²) in [6.07, 6.45) is 0. The van der Waals surface area contributed by atoms with Crippen LogP contribution in [0.1, 0.15) is 35.2 Å². The highest BCUT2D eigenvalue weighted by Crippen LogP contribution is 2.18. The minimum atomic E-state index is 0.178. The smallest absolute Gasteiger partial charge is 0.171 e. The Kier molecular flexibility index (Phi) is 4.97. The first-order chi connectivity index (χ1) is 9.97. The quantitative estimate of drug-likeness (QED) is 0.806. The van der Waals surface area contributed by atoms with E-state index in [1.807, 2.05) is 0 Å². The summed E-state index contributed by atoms with van der Waals surface area (Å²) in [6.45, 7) is 8.42. The van der Waals surface area contributed by atoms with Gasteiger partial charge in [0.05, 0.1) is 6.04 Å². The van der Waals surface area contributed by atoms with Gasteiger partial charge in [0.1, 0.15) is 0 Å². The Hall–Kier alpha value is -1.87. The van der Waals surface area contributed by atoms with Crippen molar-refractivity contribution in [3.8, 4) is 0 Å². The zero-order valence-electron chi connectivity index (χ0n) is 13.0. The van der Waals surface area contributed by atoms with Crippen LogP contribution in [0.4, 0.5) is 5.69 Å². The molecule has 3 heteroatoms. The molecule has 2 aromatic rings. The first-order valence-corrected chi connectivity index (χ1v) is 7.58. The van der Waals surface area contributed by atoms with E-state index in [4.69, 9.17) is 12.2 Å². The van der Waals surface area contributed by atoms with E-state index in [0.717, 1.165) is 5.69 Å². The first kappa shape index (κ1) is 15.5. The molecular formula is C18H22N2S. The Morgan fingerprint density at radius 3 is 2.38 bits per heavy atom. The second-order valence-electron chi connectivity index (χ2n) is 5.50. The summed E-state index contributed by atoms with van der Waals surface area (Å²) in [5.74, 6) is 0. The highest BCUT2D eigenvalue weighted by molar-refractivity contribution is 7.80. The van der Waals surface area contributed by atoms with Gasteiger partial charge in [-0.3, -0.25) is 0 Å². The highest BCUT2D eigenvalue weighted by atomic mass is 32.1. The molecule has 21 heavy (non-hydrogen) atoms. The molecular weight excluding hydrogens is 276 g/mol. The maximum Gasteiger partial charge on any atom is 0.171 e. The standard InChI is InChI=1S/C18H22N2S/c1-12-9-10-17(14(3)11-12)20-18(21)19-15(4)16-8-6-5-7-13(16)2/h5-11,15H,1-4H3,(H2,19,20,21)/t15-/m1/s1. The summed E-state index contributed by atoms with van der Waals surface area (Å²) in [5.41, 5.74) is 6.04. The largest absolute Gasteiger partial charge is 0.356 e. The Morgan fingerprint density at radius 1 is 1.00 bits per heavy atom. The molecule has 0 aliphatic rings. The van der Waals surface area contributed by atoms with E-state index in [1.165, 1.54) is 22.3 Å². The average Bonchev–Trinajstić information content (AvgIpc) is 2.42.